The zero-order chi connectivity index (χ0) is 14.3. The summed E-state index contributed by atoms with van der Waals surface area (Å²) < 4.78 is 12.9. The SMILES string of the molecule is O=C(C=Cc1ccc(F)c(Cl)c1)N(CCO)CCO. The van der Waals surface area contributed by atoms with Crippen LogP contribution in [-0.4, -0.2) is 47.3 Å². The predicted octanol–water partition coefficient (Wildman–Crippen LogP) is 1.31. The lowest BCUT2D eigenvalue weighted by Crippen LogP contribution is -2.34. The zero-order valence-electron chi connectivity index (χ0n) is 10.2. The van der Waals surface area contributed by atoms with Gasteiger partial charge in [0.2, 0.25) is 5.91 Å². The standard InChI is InChI=1S/C13H15ClFNO3/c14-11-9-10(1-3-12(11)15)2-4-13(19)16(5-7-17)6-8-18/h1-4,9,17-18H,5-8H2. The van der Waals surface area contributed by atoms with Crippen LogP contribution in [-0.2, 0) is 4.79 Å². The van der Waals surface area contributed by atoms with Crippen molar-refractivity contribution in [1.82, 2.24) is 4.90 Å². The molecular formula is C13H15ClFNO3. The van der Waals surface area contributed by atoms with E-state index in [1.807, 2.05) is 0 Å². The molecule has 0 saturated heterocycles. The van der Waals surface area contributed by atoms with Crippen molar-refractivity contribution < 1.29 is 19.4 Å². The summed E-state index contributed by atoms with van der Waals surface area (Å²) in [6, 6.07) is 4.11. The number of halogens is 2. The first kappa shape index (κ1) is 15.6. The lowest BCUT2D eigenvalue weighted by atomic mass is 10.2. The van der Waals surface area contributed by atoms with Gasteiger partial charge in [0.25, 0.3) is 0 Å². The molecular weight excluding hydrogens is 273 g/mol. The summed E-state index contributed by atoms with van der Waals surface area (Å²) in [6.07, 6.45) is 2.78. The lowest BCUT2D eigenvalue weighted by Gasteiger charge is -2.18. The summed E-state index contributed by atoms with van der Waals surface area (Å²) >= 11 is 5.62. The molecule has 0 spiro atoms. The molecule has 104 valence electrons. The monoisotopic (exact) mass is 287 g/mol. The third-order valence-corrected chi connectivity index (χ3v) is 2.70. The van der Waals surface area contributed by atoms with Gasteiger partial charge in [-0.05, 0) is 23.8 Å². The van der Waals surface area contributed by atoms with Crippen LogP contribution in [0.25, 0.3) is 6.08 Å². The van der Waals surface area contributed by atoms with Crippen molar-refractivity contribution >= 4 is 23.6 Å². The number of aliphatic hydroxyl groups excluding tert-OH is 2. The molecule has 0 unspecified atom stereocenters. The number of nitrogens with zero attached hydrogens (tertiary/aromatic N) is 1. The highest BCUT2D eigenvalue weighted by atomic mass is 35.5. The fourth-order valence-corrected chi connectivity index (χ4v) is 1.65. The molecule has 1 aromatic rings. The number of hydrogen-bond acceptors (Lipinski definition) is 3. The van der Waals surface area contributed by atoms with E-state index in [4.69, 9.17) is 21.8 Å². The maximum Gasteiger partial charge on any atom is 0.246 e. The van der Waals surface area contributed by atoms with Crippen LogP contribution >= 0.6 is 11.6 Å². The molecule has 0 aliphatic rings. The van der Waals surface area contributed by atoms with E-state index >= 15 is 0 Å². The van der Waals surface area contributed by atoms with Gasteiger partial charge in [-0.15, -0.1) is 0 Å². The minimum absolute atomic E-state index is 0.0165. The van der Waals surface area contributed by atoms with Crippen LogP contribution in [0.1, 0.15) is 5.56 Å². The number of hydrogen-bond donors (Lipinski definition) is 2. The van der Waals surface area contributed by atoms with Crippen molar-refractivity contribution in [2.45, 2.75) is 0 Å². The van der Waals surface area contributed by atoms with Crippen molar-refractivity contribution in [3.05, 3.63) is 40.7 Å². The van der Waals surface area contributed by atoms with Gasteiger partial charge in [0.05, 0.1) is 18.2 Å². The Labute approximate surface area is 115 Å². The summed E-state index contributed by atoms with van der Waals surface area (Å²) in [4.78, 5) is 13.1. The van der Waals surface area contributed by atoms with E-state index in [0.717, 1.165) is 0 Å². The number of amides is 1. The maximum atomic E-state index is 12.9. The van der Waals surface area contributed by atoms with Crippen LogP contribution in [0.4, 0.5) is 4.39 Å². The fraction of sp³-hybridized carbons (Fsp3) is 0.308. The van der Waals surface area contributed by atoms with Gasteiger partial charge in [0.15, 0.2) is 0 Å². The Balaban J connectivity index is 2.73. The Morgan fingerprint density at radius 1 is 1.32 bits per heavy atom. The third kappa shape index (κ3) is 4.98. The van der Waals surface area contributed by atoms with Crippen LogP contribution < -0.4 is 0 Å². The molecule has 19 heavy (non-hydrogen) atoms. The van der Waals surface area contributed by atoms with Crippen LogP contribution in [0, 0.1) is 5.82 Å². The van der Waals surface area contributed by atoms with E-state index in [9.17, 15) is 9.18 Å². The first-order chi connectivity index (χ1) is 9.08. The predicted molar refractivity (Wildman–Crippen MR) is 71.2 cm³/mol. The van der Waals surface area contributed by atoms with Crippen molar-refractivity contribution in [3.8, 4) is 0 Å². The van der Waals surface area contributed by atoms with E-state index in [1.54, 1.807) is 0 Å². The number of carbonyl (C=O) groups is 1. The Bertz CT molecular complexity index is 459. The molecule has 0 heterocycles. The summed E-state index contributed by atoms with van der Waals surface area (Å²) in [5.41, 5.74) is 0.590. The molecule has 0 bridgehead atoms. The highest BCUT2D eigenvalue weighted by Crippen LogP contribution is 2.16. The van der Waals surface area contributed by atoms with E-state index < -0.39 is 5.82 Å². The third-order valence-electron chi connectivity index (χ3n) is 2.41. The quantitative estimate of drug-likeness (QED) is 0.776. The molecule has 6 heteroatoms. The maximum absolute atomic E-state index is 12.9. The molecule has 0 fully saturated rings. The molecule has 1 aromatic carbocycles. The van der Waals surface area contributed by atoms with Gasteiger partial charge >= 0.3 is 0 Å². The first-order valence-electron chi connectivity index (χ1n) is 5.72. The van der Waals surface area contributed by atoms with Gasteiger partial charge in [-0.1, -0.05) is 17.7 Å². The second-order valence-electron chi connectivity index (χ2n) is 3.78. The normalized spacial score (nSPS) is 10.9. The van der Waals surface area contributed by atoms with Gasteiger partial charge < -0.3 is 15.1 Å². The van der Waals surface area contributed by atoms with Crippen molar-refractivity contribution in [3.63, 3.8) is 0 Å². The van der Waals surface area contributed by atoms with Crippen molar-refractivity contribution in [2.24, 2.45) is 0 Å². The molecule has 0 saturated carbocycles. The molecule has 0 aromatic heterocycles. The highest BCUT2D eigenvalue weighted by Gasteiger charge is 2.08. The molecule has 4 nitrogen and oxygen atoms in total. The number of benzene rings is 1. The number of carbonyl (C=O) groups excluding carboxylic acids is 1. The first-order valence-corrected chi connectivity index (χ1v) is 6.10. The van der Waals surface area contributed by atoms with Gasteiger partial charge in [-0.2, -0.15) is 0 Å². The molecule has 0 aliphatic heterocycles. The van der Waals surface area contributed by atoms with Crippen LogP contribution in [0.15, 0.2) is 24.3 Å². The average molecular weight is 288 g/mol. The Morgan fingerprint density at radius 2 is 1.95 bits per heavy atom. The van der Waals surface area contributed by atoms with Gasteiger partial charge in [-0.3, -0.25) is 4.79 Å². The van der Waals surface area contributed by atoms with Crippen molar-refractivity contribution in [2.75, 3.05) is 26.3 Å². The minimum atomic E-state index is -0.521. The summed E-state index contributed by atoms with van der Waals surface area (Å²) in [5, 5.41) is 17.6. The average Bonchev–Trinajstić information content (AvgIpc) is 2.39. The van der Waals surface area contributed by atoms with E-state index in [2.05, 4.69) is 0 Å². The largest absolute Gasteiger partial charge is 0.395 e. The summed E-state index contributed by atoms with van der Waals surface area (Å²) in [7, 11) is 0. The molecule has 1 amide bonds. The second-order valence-corrected chi connectivity index (χ2v) is 4.19. The molecule has 0 aliphatic carbocycles. The lowest BCUT2D eigenvalue weighted by molar-refractivity contribution is -0.126. The molecule has 2 N–H and O–H groups in total. The van der Waals surface area contributed by atoms with Gasteiger partial charge in [-0.25, -0.2) is 4.39 Å². The van der Waals surface area contributed by atoms with Gasteiger partial charge in [0.1, 0.15) is 5.82 Å². The summed E-state index contributed by atoms with van der Waals surface area (Å²) in [6.45, 7) is -0.0638. The number of aliphatic hydroxyl groups is 2. The Kier molecular flexibility index (Phi) is 6.49. The van der Waals surface area contributed by atoms with Gasteiger partial charge in [0, 0.05) is 19.2 Å². The Hall–Kier alpha value is -1.43. The topological polar surface area (TPSA) is 60.8 Å². The number of rotatable bonds is 6. The molecule has 0 radical (unpaired) electrons. The fourth-order valence-electron chi connectivity index (χ4n) is 1.46. The van der Waals surface area contributed by atoms with Crippen molar-refractivity contribution in [1.29, 1.82) is 0 Å². The summed E-state index contributed by atoms with van der Waals surface area (Å²) in [5.74, 6) is -0.865. The smallest absolute Gasteiger partial charge is 0.246 e. The zero-order valence-corrected chi connectivity index (χ0v) is 11.0. The van der Waals surface area contributed by atoms with E-state index in [-0.39, 0.29) is 37.2 Å². The Morgan fingerprint density at radius 3 is 2.47 bits per heavy atom. The van der Waals surface area contributed by atoms with Crippen LogP contribution in [0.3, 0.4) is 0 Å². The van der Waals surface area contributed by atoms with Crippen LogP contribution in [0.2, 0.25) is 5.02 Å². The van der Waals surface area contributed by atoms with E-state index in [0.29, 0.717) is 5.56 Å². The van der Waals surface area contributed by atoms with Crippen LogP contribution in [0.5, 0.6) is 0 Å². The highest BCUT2D eigenvalue weighted by molar-refractivity contribution is 6.30. The second kappa shape index (κ2) is 7.89. The molecule has 1 rings (SSSR count). The van der Waals surface area contributed by atoms with E-state index in [1.165, 1.54) is 35.3 Å². The minimum Gasteiger partial charge on any atom is -0.395 e. The molecule has 0 atom stereocenters.